The molecule has 3 aliphatic rings. The van der Waals surface area contributed by atoms with Crippen molar-refractivity contribution in [1.29, 1.82) is 0 Å². The van der Waals surface area contributed by atoms with Gasteiger partial charge in [0.2, 0.25) is 5.91 Å². The zero-order chi connectivity index (χ0) is 39.8. The van der Waals surface area contributed by atoms with Crippen LogP contribution in [-0.2, 0) is 49.7 Å². The molecule has 0 aliphatic carbocycles. The standard InChI is InChI=1S/C44H50N6O6S/c1-6-49-36-16-15-27-20-31(36)32(40(49)30-12-9-17-45-39(30)26(2)54-5)22-44(3,4)25-56-43(53)33-13-10-18-50(48-33)42(52)34(21-38-46-35(27)24-57-38)47-41(51)29-19-28-11-7-8-14-37(28)55-23-29/h7-9,11-12,14-17,20,24,26,29,33-34,48H,6,10,13,18-19,21-23,25H2,1-5H3,(H,47,51)/t26-,29?,33-,34-/m0/s1. The van der Waals surface area contributed by atoms with Gasteiger partial charge in [0.15, 0.2) is 0 Å². The Morgan fingerprint density at radius 3 is 2.79 bits per heavy atom. The number of amides is 2. The fourth-order valence-corrected chi connectivity index (χ4v) is 9.20. The van der Waals surface area contributed by atoms with Crippen LogP contribution in [0, 0.1) is 11.3 Å². The highest BCUT2D eigenvalue weighted by Crippen LogP contribution is 2.42. The second kappa shape index (κ2) is 16.0. The number of thiazole rings is 1. The predicted octanol–water partition coefficient (Wildman–Crippen LogP) is 6.45. The van der Waals surface area contributed by atoms with Gasteiger partial charge in [0, 0.05) is 65.6 Å². The summed E-state index contributed by atoms with van der Waals surface area (Å²) in [6, 6.07) is 16.6. The van der Waals surface area contributed by atoms with Gasteiger partial charge in [-0.1, -0.05) is 38.1 Å². The fourth-order valence-electron chi connectivity index (χ4n) is 8.35. The first-order valence-electron chi connectivity index (χ1n) is 19.9. The van der Waals surface area contributed by atoms with Crippen molar-refractivity contribution in [2.24, 2.45) is 11.3 Å². The minimum atomic E-state index is -0.924. The van der Waals surface area contributed by atoms with Gasteiger partial charge in [-0.2, -0.15) is 0 Å². The molecule has 0 saturated carbocycles. The number of aryl methyl sites for hydroxylation is 1. The van der Waals surface area contributed by atoms with Crippen LogP contribution in [0.3, 0.4) is 0 Å². The molecule has 5 aromatic rings. The minimum absolute atomic E-state index is 0.172. The van der Waals surface area contributed by atoms with Crippen LogP contribution >= 0.6 is 11.3 Å². The van der Waals surface area contributed by atoms with Gasteiger partial charge in [0.05, 0.1) is 40.7 Å². The lowest BCUT2D eigenvalue weighted by Gasteiger charge is -2.36. The molecule has 57 heavy (non-hydrogen) atoms. The number of benzene rings is 2. The Morgan fingerprint density at radius 2 is 1.96 bits per heavy atom. The maximum absolute atomic E-state index is 14.3. The van der Waals surface area contributed by atoms with E-state index in [-0.39, 0.29) is 37.6 Å². The first-order chi connectivity index (χ1) is 27.5. The number of esters is 1. The van der Waals surface area contributed by atoms with E-state index in [1.165, 1.54) is 16.3 Å². The minimum Gasteiger partial charge on any atom is -0.492 e. The predicted molar refractivity (Wildman–Crippen MR) is 218 cm³/mol. The summed E-state index contributed by atoms with van der Waals surface area (Å²) < 4.78 is 20.1. The third-order valence-corrected chi connectivity index (χ3v) is 12.3. The van der Waals surface area contributed by atoms with E-state index in [4.69, 9.17) is 24.2 Å². The Balaban J connectivity index is 1.20. The highest BCUT2D eigenvalue weighted by molar-refractivity contribution is 7.10. The van der Waals surface area contributed by atoms with E-state index in [1.807, 2.05) is 42.6 Å². The number of carbonyl (C=O) groups excluding carboxylic acids is 3. The topological polar surface area (TPSA) is 137 Å². The van der Waals surface area contributed by atoms with E-state index in [0.29, 0.717) is 37.2 Å². The maximum Gasteiger partial charge on any atom is 0.324 e. The number of pyridine rings is 1. The molecule has 2 amide bonds. The lowest BCUT2D eigenvalue weighted by Crippen LogP contribution is -2.61. The summed E-state index contributed by atoms with van der Waals surface area (Å²) in [5.41, 5.74) is 10.5. The normalized spacial score (nSPS) is 21.6. The number of fused-ring (bicyclic) bond motifs is 7. The number of hydrogen-bond acceptors (Lipinski definition) is 10. The van der Waals surface area contributed by atoms with Gasteiger partial charge >= 0.3 is 5.97 Å². The number of para-hydroxylation sites is 1. The van der Waals surface area contributed by atoms with Crippen molar-refractivity contribution in [1.82, 2.24) is 30.3 Å². The average Bonchev–Trinajstić information content (AvgIpc) is 3.83. The molecule has 13 heteroatoms. The van der Waals surface area contributed by atoms with Crippen molar-refractivity contribution in [3.8, 4) is 28.3 Å². The second-order valence-corrected chi connectivity index (χ2v) is 17.0. The van der Waals surface area contributed by atoms with E-state index < -0.39 is 29.4 Å². The molecule has 6 bridgehead atoms. The molecule has 0 radical (unpaired) electrons. The molecule has 3 aromatic heterocycles. The van der Waals surface area contributed by atoms with Crippen molar-refractivity contribution in [3.63, 3.8) is 0 Å². The Bertz CT molecular complexity index is 2320. The van der Waals surface area contributed by atoms with E-state index in [2.05, 4.69) is 60.3 Å². The van der Waals surface area contributed by atoms with E-state index in [0.717, 1.165) is 62.5 Å². The molecule has 1 saturated heterocycles. The molecule has 4 atom stereocenters. The SMILES string of the molecule is CCn1c(-c2cccnc2[C@H](C)OC)c2c3cc(ccc31)-c1csc(n1)C[C@H](NC(=O)C1COc3ccccc3C1)C(=O)N1CCC[C@H](N1)C(=O)OCC(C)(C)C2. The molecular weight excluding hydrogens is 741 g/mol. The van der Waals surface area contributed by atoms with Crippen molar-refractivity contribution in [3.05, 3.63) is 88.0 Å². The van der Waals surface area contributed by atoms with Crippen molar-refractivity contribution in [2.75, 3.05) is 26.9 Å². The Kier molecular flexibility index (Phi) is 10.9. The zero-order valence-electron chi connectivity index (χ0n) is 33.2. The lowest BCUT2D eigenvalue weighted by molar-refractivity contribution is -0.155. The monoisotopic (exact) mass is 790 g/mol. The molecule has 298 valence electrons. The summed E-state index contributed by atoms with van der Waals surface area (Å²) in [5.74, 6) is -0.684. The molecule has 12 nitrogen and oxygen atoms in total. The largest absolute Gasteiger partial charge is 0.492 e. The third-order valence-electron chi connectivity index (χ3n) is 11.4. The van der Waals surface area contributed by atoms with Crippen LogP contribution in [0.2, 0.25) is 0 Å². The van der Waals surface area contributed by atoms with Gasteiger partial charge < -0.3 is 24.1 Å². The lowest BCUT2D eigenvalue weighted by atomic mass is 9.84. The summed E-state index contributed by atoms with van der Waals surface area (Å²) >= 11 is 1.46. The summed E-state index contributed by atoms with van der Waals surface area (Å²) in [6.45, 7) is 9.89. The number of hydrazine groups is 1. The highest BCUT2D eigenvalue weighted by Gasteiger charge is 2.37. The van der Waals surface area contributed by atoms with E-state index in [9.17, 15) is 14.4 Å². The average molecular weight is 791 g/mol. The summed E-state index contributed by atoms with van der Waals surface area (Å²) in [6.07, 6.45) is 4.00. The third kappa shape index (κ3) is 7.80. The van der Waals surface area contributed by atoms with Gasteiger partial charge in [-0.15, -0.1) is 11.3 Å². The van der Waals surface area contributed by atoms with Gasteiger partial charge in [-0.05, 0) is 81.0 Å². The summed E-state index contributed by atoms with van der Waals surface area (Å²) in [7, 11) is 1.70. The van der Waals surface area contributed by atoms with Crippen LogP contribution in [0.15, 0.2) is 66.2 Å². The molecule has 1 fully saturated rings. The molecule has 6 heterocycles. The van der Waals surface area contributed by atoms with Gasteiger partial charge in [0.1, 0.15) is 24.4 Å². The number of carbonyl (C=O) groups is 3. The van der Waals surface area contributed by atoms with Gasteiger partial charge in [0.25, 0.3) is 5.91 Å². The summed E-state index contributed by atoms with van der Waals surface area (Å²) in [4.78, 5) is 51.8. The molecule has 3 aliphatic heterocycles. The second-order valence-electron chi connectivity index (χ2n) is 16.1. The first-order valence-corrected chi connectivity index (χ1v) is 20.7. The van der Waals surface area contributed by atoms with Crippen molar-refractivity contribution in [2.45, 2.75) is 84.5 Å². The number of methoxy groups -OCH3 is 1. The number of nitrogens with zero attached hydrogens (tertiary/aromatic N) is 4. The fraction of sp³-hybridized carbons (Fsp3) is 0.432. The first kappa shape index (κ1) is 38.7. The van der Waals surface area contributed by atoms with Crippen molar-refractivity contribution >= 4 is 40.0 Å². The van der Waals surface area contributed by atoms with E-state index in [1.54, 1.807) is 13.3 Å². The number of cyclic esters (lactones) is 1. The van der Waals surface area contributed by atoms with Crippen LogP contribution in [0.25, 0.3) is 33.4 Å². The number of ether oxygens (including phenoxy) is 3. The Labute approximate surface area is 336 Å². The van der Waals surface area contributed by atoms with Crippen LogP contribution in [0.5, 0.6) is 5.75 Å². The van der Waals surface area contributed by atoms with Crippen molar-refractivity contribution < 1.29 is 28.6 Å². The molecule has 8 rings (SSSR count). The van der Waals surface area contributed by atoms with Gasteiger partial charge in [-0.25, -0.2) is 10.4 Å². The Hall–Kier alpha value is -5.11. The number of rotatable bonds is 6. The van der Waals surface area contributed by atoms with Crippen LogP contribution in [0.4, 0.5) is 0 Å². The van der Waals surface area contributed by atoms with E-state index >= 15 is 0 Å². The number of nitrogens with one attached hydrogen (secondary N) is 2. The maximum atomic E-state index is 14.3. The van der Waals surface area contributed by atoms with Crippen LogP contribution < -0.4 is 15.5 Å². The number of hydrogen-bond donors (Lipinski definition) is 2. The van der Waals surface area contributed by atoms with Gasteiger partial charge in [-0.3, -0.25) is 24.4 Å². The summed E-state index contributed by atoms with van der Waals surface area (Å²) in [5, 5.41) is 8.35. The quantitative estimate of drug-likeness (QED) is 0.186. The van der Waals surface area contributed by atoms with Crippen LogP contribution in [0.1, 0.15) is 68.5 Å². The molecule has 0 spiro atoms. The van der Waals surface area contributed by atoms with Crippen LogP contribution in [-0.4, -0.2) is 76.3 Å². The molecular formula is C44H50N6O6S. The number of aromatic nitrogens is 3. The highest BCUT2D eigenvalue weighted by atomic mass is 32.1. The molecule has 1 unspecified atom stereocenters. The zero-order valence-corrected chi connectivity index (χ0v) is 34.0. The smallest absolute Gasteiger partial charge is 0.324 e. The molecule has 2 aromatic carbocycles. The Morgan fingerprint density at radius 1 is 1.12 bits per heavy atom. The molecule has 2 N–H and O–H groups in total.